The lowest BCUT2D eigenvalue weighted by Crippen LogP contribution is -2.03. The summed E-state index contributed by atoms with van der Waals surface area (Å²) < 4.78 is 69.9. The monoisotopic (exact) mass is 412 g/mol. The van der Waals surface area contributed by atoms with Crippen LogP contribution in [0.15, 0.2) is 63.7 Å². The average Bonchev–Trinajstić information content (AvgIpc) is 2.60. The van der Waals surface area contributed by atoms with Gasteiger partial charge in [0.15, 0.2) is 5.75 Å². The molecule has 0 aliphatic carbocycles. The summed E-state index contributed by atoms with van der Waals surface area (Å²) in [5, 5.41) is 27.4. The number of nitrogens with zero attached hydrogens (tertiary/aromatic N) is 2. The predicted molar refractivity (Wildman–Crippen MR) is 92.7 cm³/mol. The number of phenolic OH excluding ortho intramolecular Hbond substituents is 2. The van der Waals surface area contributed by atoms with Crippen LogP contribution in [0.3, 0.4) is 0 Å². The number of fused-ring (bicyclic) bond motifs is 1. The van der Waals surface area contributed by atoms with Gasteiger partial charge in [0.25, 0.3) is 10.1 Å². The number of hydrogen-bond acceptors (Lipinski definition) is 6. The van der Waals surface area contributed by atoms with E-state index < -0.39 is 38.3 Å². The highest BCUT2D eigenvalue weighted by atomic mass is 32.2. The van der Waals surface area contributed by atoms with Gasteiger partial charge in [0.1, 0.15) is 22.0 Å². The Morgan fingerprint density at radius 2 is 1.50 bits per heavy atom. The molecule has 3 aromatic rings. The number of hydrogen-bond donors (Lipinski definition) is 3. The van der Waals surface area contributed by atoms with E-state index in [1.54, 1.807) is 0 Å². The zero-order valence-corrected chi connectivity index (χ0v) is 14.5. The van der Waals surface area contributed by atoms with Crippen molar-refractivity contribution in [2.24, 2.45) is 10.2 Å². The fourth-order valence-electron chi connectivity index (χ4n) is 2.50. The second-order valence-corrected chi connectivity index (χ2v) is 7.05. The number of phenols is 2. The summed E-state index contributed by atoms with van der Waals surface area (Å²) in [6.07, 6.45) is -4.63. The Kier molecular flexibility index (Phi) is 4.73. The maximum absolute atomic E-state index is 12.6. The van der Waals surface area contributed by atoms with E-state index in [0.29, 0.717) is 12.1 Å². The molecule has 28 heavy (non-hydrogen) atoms. The van der Waals surface area contributed by atoms with Crippen molar-refractivity contribution in [1.29, 1.82) is 0 Å². The van der Waals surface area contributed by atoms with Gasteiger partial charge in [0.2, 0.25) is 0 Å². The van der Waals surface area contributed by atoms with E-state index in [-0.39, 0.29) is 22.1 Å². The van der Waals surface area contributed by atoms with Crippen LogP contribution in [0.5, 0.6) is 11.5 Å². The first-order chi connectivity index (χ1) is 13.0. The second-order valence-electron chi connectivity index (χ2n) is 5.66. The topological polar surface area (TPSA) is 120 Å². The molecule has 146 valence electrons. The molecular weight excluding hydrogens is 401 g/mol. The van der Waals surface area contributed by atoms with Gasteiger partial charge < -0.3 is 10.2 Å². The molecule has 3 rings (SSSR count). The van der Waals surface area contributed by atoms with Gasteiger partial charge in [-0.2, -0.15) is 21.6 Å². The van der Waals surface area contributed by atoms with E-state index in [4.69, 9.17) is 0 Å². The standard InChI is InChI=1S/C17H11F3N2O5S/c18-17(19,20)9-4-6-12(14(23)8-9)21-22-13-7-5-10-11(16(13)24)2-1-3-15(10)28(25,26)27/h1-8,23-24H,(H,25,26,27). The highest BCUT2D eigenvalue weighted by Crippen LogP contribution is 2.40. The minimum atomic E-state index is -4.63. The Morgan fingerprint density at radius 3 is 2.11 bits per heavy atom. The molecule has 3 N–H and O–H groups in total. The molecular formula is C17H11F3N2O5S. The first-order valence-electron chi connectivity index (χ1n) is 7.52. The van der Waals surface area contributed by atoms with Crippen molar-refractivity contribution in [2.75, 3.05) is 0 Å². The fourth-order valence-corrected chi connectivity index (χ4v) is 3.21. The second kappa shape index (κ2) is 6.77. The first kappa shape index (κ1) is 19.6. The van der Waals surface area contributed by atoms with Gasteiger partial charge in [-0.3, -0.25) is 4.55 Å². The minimum Gasteiger partial charge on any atom is -0.506 e. The maximum atomic E-state index is 12.6. The molecule has 0 fully saturated rings. The van der Waals surface area contributed by atoms with Crippen LogP contribution in [0.4, 0.5) is 24.5 Å². The summed E-state index contributed by atoms with van der Waals surface area (Å²) >= 11 is 0. The van der Waals surface area contributed by atoms with Crippen LogP contribution in [0.25, 0.3) is 10.8 Å². The van der Waals surface area contributed by atoms with Crippen molar-refractivity contribution in [1.82, 2.24) is 0 Å². The van der Waals surface area contributed by atoms with Crippen molar-refractivity contribution in [2.45, 2.75) is 11.1 Å². The molecule has 0 radical (unpaired) electrons. The van der Waals surface area contributed by atoms with Crippen LogP contribution in [0, 0.1) is 0 Å². The quantitative estimate of drug-likeness (QED) is 0.416. The molecule has 0 saturated heterocycles. The van der Waals surface area contributed by atoms with Crippen LogP contribution >= 0.6 is 0 Å². The molecule has 0 unspecified atom stereocenters. The Hall–Kier alpha value is -3.18. The number of alkyl halides is 3. The van der Waals surface area contributed by atoms with Gasteiger partial charge >= 0.3 is 6.18 Å². The van der Waals surface area contributed by atoms with Gasteiger partial charge in [-0.05, 0) is 30.3 Å². The summed E-state index contributed by atoms with van der Waals surface area (Å²) in [6, 6.07) is 8.44. The zero-order valence-electron chi connectivity index (χ0n) is 13.7. The third-order valence-corrected chi connectivity index (χ3v) is 4.73. The minimum absolute atomic E-state index is 0.0406. The average molecular weight is 412 g/mol. The van der Waals surface area contributed by atoms with E-state index in [1.807, 2.05) is 0 Å². The Labute approximate surface area is 156 Å². The van der Waals surface area contributed by atoms with Crippen LogP contribution < -0.4 is 0 Å². The molecule has 3 aromatic carbocycles. The van der Waals surface area contributed by atoms with E-state index >= 15 is 0 Å². The molecule has 0 atom stereocenters. The summed E-state index contributed by atoms with van der Waals surface area (Å²) in [5.74, 6) is -1.22. The van der Waals surface area contributed by atoms with E-state index in [9.17, 15) is 36.4 Å². The lowest BCUT2D eigenvalue weighted by Gasteiger charge is -2.08. The van der Waals surface area contributed by atoms with Crippen molar-refractivity contribution in [3.63, 3.8) is 0 Å². The molecule has 0 aromatic heterocycles. The first-order valence-corrected chi connectivity index (χ1v) is 8.96. The van der Waals surface area contributed by atoms with Crippen LogP contribution in [-0.2, 0) is 16.3 Å². The molecule has 0 saturated carbocycles. The lowest BCUT2D eigenvalue weighted by molar-refractivity contribution is -0.137. The molecule has 0 amide bonds. The van der Waals surface area contributed by atoms with E-state index in [0.717, 1.165) is 12.1 Å². The van der Waals surface area contributed by atoms with Crippen LogP contribution in [0.2, 0.25) is 0 Å². The Morgan fingerprint density at radius 1 is 0.857 bits per heavy atom. The van der Waals surface area contributed by atoms with Crippen LogP contribution in [0.1, 0.15) is 5.56 Å². The van der Waals surface area contributed by atoms with Gasteiger partial charge in [0, 0.05) is 10.8 Å². The molecule has 7 nitrogen and oxygen atoms in total. The molecule has 0 aliphatic heterocycles. The van der Waals surface area contributed by atoms with Crippen molar-refractivity contribution >= 4 is 32.3 Å². The summed E-state index contributed by atoms with van der Waals surface area (Å²) in [6.45, 7) is 0. The Balaban J connectivity index is 2.03. The van der Waals surface area contributed by atoms with Crippen molar-refractivity contribution in [3.05, 3.63) is 54.1 Å². The van der Waals surface area contributed by atoms with Gasteiger partial charge in [-0.15, -0.1) is 10.2 Å². The summed E-state index contributed by atoms with van der Waals surface area (Å²) in [5.41, 5.74) is -1.45. The third kappa shape index (κ3) is 3.75. The normalized spacial score (nSPS) is 12.7. The zero-order chi connectivity index (χ0) is 20.7. The smallest absolute Gasteiger partial charge is 0.416 e. The highest BCUT2D eigenvalue weighted by Gasteiger charge is 2.31. The van der Waals surface area contributed by atoms with E-state index in [2.05, 4.69) is 10.2 Å². The molecule has 0 heterocycles. The van der Waals surface area contributed by atoms with Crippen molar-refractivity contribution in [3.8, 4) is 11.5 Å². The maximum Gasteiger partial charge on any atom is 0.416 e. The lowest BCUT2D eigenvalue weighted by atomic mass is 10.1. The predicted octanol–water partition coefficient (Wildman–Crippen LogP) is 4.93. The molecule has 0 spiro atoms. The van der Waals surface area contributed by atoms with Crippen molar-refractivity contribution < 1.29 is 36.4 Å². The highest BCUT2D eigenvalue weighted by molar-refractivity contribution is 7.86. The third-order valence-electron chi connectivity index (χ3n) is 3.82. The fraction of sp³-hybridized carbons (Fsp3) is 0.0588. The number of aromatic hydroxyl groups is 2. The largest absolute Gasteiger partial charge is 0.506 e. The van der Waals surface area contributed by atoms with Crippen LogP contribution in [-0.4, -0.2) is 23.2 Å². The molecule has 0 aliphatic rings. The van der Waals surface area contributed by atoms with E-state index in [1.165, 1.54) is 24.3 Å². The number of benzene rings is 3. The van der Waals surface area contributed by atoms with Gasteiger partial charge in [0.05, 0.1) is 5.56 Å². The Bertz CT molecular complexity index is 1210. The molecule has 0 bridgehead atoms. The number of azo groups is 1. The summed E-state index contributed by atoms with van der Waals surface area (Å²) in [7, 11) is -4.53. The van der Waals surface area contributed by atoms with Gasteiger partial charge in [-0.1, -0.05) is 18.2 Å². The number of halogens is 3. The number of rotatable bonds is 3. The molecule has 11 heteroatoms. The SMILES string of the molecule is O=S(=O)(O)c1cccc2c(O)c(N=Nc3ccc(C(F)(F)F)cc3O)ccc12. The summed E-state index contributed by atoms with van der Waals surface area (Å²) in [4.78, 5) is -0.413. The van der Waals surface area contributed by atoms with Gasteiger partial charge in [-0.25, -0.2) is 0 Å².